The van der Waals surface area contributed by atoms with Gasteiger partial charge in [-0.1, -0.05) is 13.8 Å². The Hall–Kier alpha value is -0.630. The Bertz CT molecular complexity index is 481. The SMILES string of the molecule is CCC(CC)N(CCOC)S(=O)(=O)c1cc(N)cs1. The molecule has 0 aromatic carbocycles. The topological polar surface area (TPSA) is 72.6 Å². The van der Waals surface area contributed by atoms with Gasteiger partial charge in [0.15, 0.2) is 0 Å². The van der Waals surface area contributed by atoms with E-state index in [4.69, 9.17) is 10.5 Å². The zero-order valence-electron chi connectivity index (χ0n) is 11.6. The zero-order valence-corrected chi connectivity index (χ0v) is 13.3. The summed E-state index contributed by atoms with van der Waals surface area (Å²) in [6, 6.07) is 1.51. The molecule has 0 bridgehead atoms. The van der Waals surface area contributed by atoms with Gasteiger partial charge in [0.25, 0.3) is 10.0 Å². The monoisotopic (exact) mass is 306 g/mol. The normalized spacial score (nSPS) is 12.5. The average Bonchev–Trinajstić information content (AvgIpc) is 2.81. The van der Waals surface area contributed by atoms with Gasteiger partial charge in [-0.25, -0.2) is 8.42 Å². The van der Waals surface area contributed by atoms with Crippen molar-refractivity contribution in [1.29, 1.82) is 0 Å². The number of sulfonamides is 1. The third-order valence-electron chi connectivity index (χ3n) is 3.02. The molecule has 19 heavy (non-hydrogen) atoms. The minimum atomic E-state index is -3.48. The second-order valence-corrected chi connectivity index (χ2v) is 7.31. The summed E-state index contributed by atoms with van der Waals surface area (Å²) >= 11 is 1.16. The van der Waals surface area contributed by atoms with Gasteiger partial charge in [0, 0.05) is 30.8 Å². The van der Waals surface area contributed by atoms with Gasteiger partial charge in [0.05, 0.1) is 6.61 Å². The first-order valence-corrected chi connectivity index (χ1v) is 8.64. The maximum absolute atomic E-state index is 12.6. The van der Waals surface area contributed by atoms with Crippen molar-refractivity contribution in [2.75, 3.05) is 26.0 Å². The van der Waals surface area contributed by atoms with Crippen molar-refractivity contribution in [3.63, 3.8) is 0 Å². The fourth-order valence-electron chi connectivity index (χ4n) is 1.96. The van der Waals surface area contributed by atoms with E-state index in [9.17, 15) is 8.42 Å². The van der Waals surface area contributed by atoms with E-state index in [-0.39, 0.29) is 6.04 Å². The van der Waals surface area contributed by atoms with E-state index in [1.54, 1.807) is 12.5 Å². The Balaban J connectivity index is 3.07. The van der Waals surface area contributed by atoms with Gasteiger partial charge < -0.3 is 10.5 Å². The summed E-state index contributed by atoms with van der Waals surface area (Å²) in [7, 11) is -1.91. The maximum atomic E-state index is 12.6. The van der Waals surface area contributed by atoms with Crippen LogP contribution >= 0.6 is 11.3 Å². The first-order chi connectivity index (χ1) is 8.97. The highest BCUT2D eigenvalue weighted by Crippen LogP contribution is 2.27. The largest absolute Gasteiger partial charge is 0.398 e. The predicted octanol–water partition coefficient (Wildman–Crippen LogP) is 2.16. The van der Waals surface area contributed by atoms with Crippen LogP contribution in [0.15, 0.2) is 15.7 Å². The van der Waals surface area contributed by atoms with Crippen molar-refractivity contribution in [3.05, 3.63) is 11.4 Å². The van der Waals surface area contributed by atoms with Crippen molar-refractivity contribution < 1.29 is 13.2 Å². The molecule has 1 heterocycles. The number of methoxy groups -OCH3 is 1. The molecule has 1 aromatic rings. The third kappa shape index (κ3) is 3.92. The minimum Gasteiger partial charge on any atom is -0.398 e. The number of thiophene rings is 1. The number of anilines is 1. The van der Waals surface area contributed by atoms with Crippen molar-refractivity contribution in [2.24, 2.45) is 0 Å². The molecule has 0 radical (unpaired) electrons. The molecule has 7 heteroatoms. The van der Waals surface area contributed by atoms with Gasteiger partial charge in [-0.15, -0.1) is 11.3 Å². The standard InChI is InChI=1S/C12H22N2O3S2/c1-4-11(5-2)14(6-7-17-3)19(15,16)12-8-10(13)9-18-12/h8-9,11H,4-7,13H2,1-3H3. The molecule has 0 aliphatic carbocycles. The van der Waals surface area contributed by atoms with Gasteiger partial charge in [-0.3, -0.25) is 0 Å². The molecule has 1 aromatic heterocycles. The lowest BCUT2D eigenvalue weighted by Crippen LogP contribution is -2.41. The molecule has 110 valence electrons. The average molecular weight is 306 g/mol. The highest BCUT2D eigenvalue weighted by Gasteiger charge is 2.30. The van der Waals surface area contributed by atoms with Crippen LogP contribution in [0.25, 0.3) is 0 Å². The maximum Gasteiger partial charge on any atom is 0.252 e. The number of rotatable bonds is 8. The third-order valence-corrected chi connectivity index (χ3v) is 6.41. The van der Waals surface area contributed by atoms with Gasteiger partial charge >= 0.3 is 0 Å². The van der Waals surface area contributed by atoms with Crippen LogP contribution in [0.2, 0.25) is 0 Å². The number of hydrogen-bond acceptors (Lipinski definition) is 5. The second-order valence-electron chi connectivity index (χ2n) is 4.28. The number of nitrogens with zero attached hydrogens (tertiary/aromatic N) is 1. The molecule has 0 fully saturated rings. The Kier molecular flexibility index (Phi) is 6.25. The molecule has 0 spiro atoms. The minimum absolute atomic E-state index is 0.0107. The van der Waals surface area contributed by atoms with Crippen molar-refractivity contribution >= 4 is 27.0 Å². The van der Waals surface area contributed by atoms with Crippen LogP contribution in [-0.4, -0.2) is 39.0 Å². The molecule has 0 aliphatic heterocycles. The summed E-state index contributed by atoms with van der Waals surface area (Å²) < 4.78 is 32.1. The number of hydrogen-bond donors (Lipinski definition) is 1. The van der Waals surface area contributed by atoms with Crippen LogP contribution < -0.4 is 5.73 Å². The zero-order chi connectivity index (χ0) is 14.5. The molecule has 0 aliphatic rings. The summed E-state index contributed by atoms with van der Waals surface area (Å²) in [5, 5.41) is 1.65. The number of nitrogens with two attached hydrogens (primary N) is 1. The Morgan fingerprint density at radius 2 is 2.05 bits per heavy atom. The van der Waals surface area contributed by atoms with Crippen LogP contribution in [0, 0.1) is 0 Å². The van der Waals surface area contributed by atoms with Gasteiger partial charge in [-0.05, 0) is 18.9 Å². The highest BCUT2D eigenvalue weighted by molar-refractivity contribution is 7.91. The summed E-state index contributed by atoms with van der Waals surface area (Å²) in [4.78, 5) is 0. The van der Waals surface area contributed by atoms with Crippen LogP contribution in [-0.2, 0) is 14.8 Å². The predicted molar refractivity (Wildman–Crippen MR) is 78.9 cm³/mol. The van der Waals surface area contributed by atoms with Crippen LogP contribution in [0.5, 0.6) is 0 Å². The van der Waals surface area contributed by atoms with E-state index < -0.39 is 10.0 Å². The molecule has 5 nitrogen and oxygen atoms in total. The molecule has 1 rings (SSSR count). The van der Waals surface area contributed by atoms with Crippen molar-refractivity contribution in [3.8, 4) is 0 Å². The fraction of sp³-hybridized carbons (Fsp3) is 0.667. The van der Waals surface area contributed by atoms with Gasteiger partial charge in [0.2, 0.25) is 0 Å². The molecule has 2 N–H and O–H groups in total. The lowest BCUT2D eigenvalue weighted by atomic mass is 10.2. The molecule has 0 saturated heterocycles. The van der Waals surface area contributed by atoms with Gasteiger partial charge in [0.1, 0.15) is 4.21 Å². The molecule has 0 saturated carbocycles. The molecule has 0 amide bonds. The summed E-state index contributed by atoms with van der Waals surface area (Å²) in [6.45, 7) is 4.73. The highest BCUT2D eigenvalue weighted by atomic mass is 32.2. The van der Waals surface area contributed by atoms with E-state index in [1.165, 1.54) is 10.4 Å². The lowest BCUT2D eigenvalue weighted by molar-refractivity contribution is 0.163. The first-order valence-electron chi connectivity index (χ1n) is 6.32. The summed E-state index contributed by atoms with van der Waals surface area (Å²) in [6.07, 6.45) is 1.56. The molecular weight excluding hydrogens is 284 g/mol. The number of nitrogen functional groups attached to an aromatic ring is 1. The van der Waals surface area contributed by atoms with E-state index >= 15 is 0 Å². The van der Waals surface area contributed by atoms with Crippen molar-refractivity contribution in [2.45, 2.75) is 36.9 Å². The molecule has 0 unspecified atom stereocenters. The second kappa shape index (κ2) is 7.23. The quantitative estimate of drug-likeness (QED) is 0.799. The smallest absolute Gasteiger partial charge is 0.252 e. The Morgan fingerprint density at radius 3 is 2.47 bits per heavy atom. The van der Waals surface area contributed by atoms with Crippen LogP contribution in [0.4, 0.5) is 5.69 Å². The van der Waals surface area contributed by atoms with E-state index in [2.05, 4.69) is 0 Å². The Labute approximate surface area is 119 Å². The van der Waals surface area contributed by atoms with Gasteiger partial charge in [-0.2, -0.15) is 4.31 Å². The Morgan fingerprint density at radius 1 is 1.42 bits per heavy atom. The first kappa shape index (κ1) is 16.4. The van der Waals surface area contributed by atoms with E-state index in [1.807, 2.05) is 13.8 Å². The summed E-state index contributed by atoms with van der Waals surface area (Å²) in [5.41, 5.74) is 6.11. The van der Waals surface area contributed by atoms with E-state index in [0.717, 1.165) is 24.2 Å². The van der Waals surface area contributed by atoms with Crippen LogP contribution in [0.1, 0.15) is 26.7 Å². The lowest BCUT2D eigenvalue weighted by Gasteiger charge is -2.28. The van der Waals surface area contributed by atoms with Crippen molar-refractivity contribution in [1.82, 2.24) is 4.31 Å². The van der Waals surface area contributed by atoms with Crippen LogP contribution in [0.3, 0.4) is 0 Å². The number of ether oxygens (including phenoxy) is 1. The molecular formula is C12H22N2O3S2. The van der Waals surface area contributed by atoms with E-state index in [0.29, 0.717) is 23.0 Å². The molecule has 0 atom stereocenters. The fourth-order valence-corrected chi connectivity index (χ4v) is 4.92. The summed E-state index contributed by atoms with van der Waals surface area (Å²) in [5.74, 6) is 0.